The fraction of sp³-hybridized carbons (Fsp3) is 0.500. The molecule has 7 nitrogen and oxygen atoms in total. The van der Waals surface area contributed by atoms with Crippen LogP contribution in [0.25, 0.3) is 17.1 Å². The first-order valence-electron chi connectivity index (χ1n) is 9.18. The van der Waals surface area contributed by atoms with Gasteiger partial charge in [0.15, 0.2) is 20.5 Å². The summed E-state index contributed by atoms with van der Waals surface area (Å²) in [5.41, 5.74) is 1.92. The number of alkyl halides is 2. The number of nitrogens with zero attached hydrogens (tertiary/aromatic N) is 5. The number of imidazole rings is 1. The van der Waals surface area contributed by atoms with E-state index < -0.39 is 15.8 Å². The third kappa shape index (κ3) is 2.90. The second kappa shape index (κ2) is 6.33. The van der Waals surface area contributed by atoms with Crippen molar-refractivity contribution in [2.75, 3.05) is 5.75 Å². The molecule has 1 aliphatic carbocycles. The first kappa shape index (κ1) is 19.0. The van der Waals surface area contributed by atoms with Crippen molar-refractivity contribution in [3.8, 4) is 5.95 Å². The van der Waals surface area contributed by atoms with Crippen LogP contribution in [-0.4, -0.2) is 38.5 Å². The number of fused-ring (bicyclic) bond motifs is 2. The average Bonchev–Trinajstić information content (AvgIpc) is 3.19. The molecule has 3 aromatic rings. The van der Waals surface area contributed by atoms with E-state index in [2.05, 4.69) is 15.1 Å². The highest BCUT2D eigenvalue weighted by molar-refractivity contribution is 7.91. The molecule has 0 unspecified atom stereocenters. The molecule has 0 saturated carbocycles. The average molecular weight is 409 g/mol. The normalized spacial score (nSPS) is 15.2. The van der Waals surface area contributed by atoms with Crippen LogP contribution in [-0.2, 0) is 35.6 Å². The molecule has 0 bridgehead atoms. The number of aryl methyl sites for hydroxylation is 2. The van der Waals surface area contributed by atoms with Gasteiger partial charge in [-0.15, -0.1) is 0 Å². The van der Waals surface area contributed by atoms with Gasteiger partial charge >= 0.3 is 0 Å². The molecule has 0 aliphatic heterocycles. The Balaban J connectivity index is 1.98. The molecule has 0 spiro atoms. The van der Waals surface area contributed by atoms with E-state index in [1.807, 2.05) is 0 Å². The van der Waals surface area contributed by atoms with Gasteiger partial charge in [0.25, 0.3) is 5.92 Å². The quantitative estimate of drug-likeness (QED) is 0.662. The zero-order valence-corrected chi connectivity index (χ0v) is 16.7. The van der Waals surface area contributed by atoms with Crippen molar-refractivity contribution in [1.29, 1.82) is 0 Å². The molecule has 3 aromatic heterocycles. The minimum atomic E-state index is -3.55. The Bertz CT molecular complexity index is 1180. The van der Waals surface area contributed by atoms with Crippen molar-refractivity contribution in [3.05, 3.63) is 29.1 Å². The highest BCUT2D eigenvalue weighted by Crippen LogP contribution is 2.32. The maximum absolute atomic E-state index is 13.7. The van der Waals surface area contributed by atoms with Gasteiger partial charge in [0.1, 0.15) is 5.52 Å². The van der Waals surface area contributed by atoms with Gasteiger partial charge in [-0.2, -0.15) is 9.78 Å². The van der Waals surface area contributed by atoms with Crippen molar-refractivity contribution in [3.63, 3.8) is 0 Å². The largest absolute Gasteiger partial charge is 0.296 e. The molecule has 0 atom stereocenters. The molecule has 0 N–H and O–H groups in total. The number of halogens is 2. The number of hydrogen-bond acceptors (Lipinski definition) is 5. The molecule has 3 heterocycles. The summed E-state index contributed by atoms with van der Waals surface area (Å²) in [6, 6.07) is 1.28. The molecule has 0 saturated heterocycles. The molecule has 0 fully saturated rings. The van der Waals surface area contributed by atoms with Crippen LogP contribution in [0.4, 0.5) is 8.78 Å². The number of sulfone groups is 1. The maximum Gasteiger partial charge on any atom is 0.272 e. The molecule has 0 amide bonds. The van der Waals surface area contributed by atoms with E-state index in [9.17, 15) is 17.2 Å². The summed E-state index contributed by atoms with van der Waals surface area (Å²) in [5.74, 6) is -2.85. The van der Waals surface area contributed by atoms with Crippen molar-refractivity contribution in [1.82, 2.24) is 24.3 Å². The minimum absolute atomic E-state index is 0.0560. The number of aromatic nitrogens is 5. The number of rotatable bonds is 4. The van der Waals surface area contributed by atoms with Crippen LogP contribution in [0.1, 0.15) is 43.5 Å². The van der Waals surface area contributed by atoms with E-state index in [1.54, 1.807) is 18.5 Å². The zero-order chi connectivity index (χ0) is 20.3. The van der Waals surface area contributed by atoms with Gasteiger partial charge in [0.05, 0.1) is 11.4 Å². The summed E-state index contributed by atoms with van der Waals surface area (Å²) < 4.78 is 55.9. The molecular formula is C18H21F2N5O2S. The lowest BCUT2D eigenvalue weighted by atomic mass is 9.99. The molecule has 0 aromatic carbocycles. The van der Waals surface area contributed by atoms with Crippen molar-refractivity contribution in [2.45, 2.75) is 50.5 Å². The maximum atomic E-state index is 13.7. The third-order valence-electron chi connectivity index (χ3n) is 5.17. The zero-order valence-electron chi connectivity index (χ0n) is 15.9. The lowest BCUT2D eigenvalue weighted by Gasteiger charge is -2.11. The summed E-state index contributed by atoms with van der Waals surface area (Å²) in [6.45, 7) is 2.39. The first-order valence-corrected chi connectivity index (χ1v) is 10.8. The van der Waals surface area contributed by atoms with Crippen molar-refractivity contribution in [2.24, 2.45) is 7.05 Å². The monoisotopic (exact) mass is 409 g/mol. The predicted octanol–water partition coefficient (Wildman–Crippen LogP) is 2.94. The van der Waals surface area contributed by atoms with Crippen molar-refractivity contribution >= 4 is 21.0 Å². The van der Waals surface area contributed by atoms with Gasteiger partial charge in [-0.3, -0.25) is 4.57 Å². The van der Waals surface area contributed by atoms with Crippen LogP contribution in [0.15, 0.2) is 17.3 Å². The molecular weight excluding hydrogens is 388 g/mol. The van der Waals surface area contributed by atoms with E-state index in [4.69, 9.17) is 0 Å². The Labute approximate surface area is 161 Å². The Hall–Kier alpha value is -2.36. The summed E-state index contributed by atoms with van der Waals surface area (Å²) in [5, 5.41) is 4.70. The van der Waals surface area contributed by atoms with Crippen LogP contribution in [0.2, 0.25) is 0 Å². The van der Waals surface area contributed by atoms with E-state index in [0.29, 0.717) is 18.5 Å². The Morgan fingerprint density at radius 1 is 1.25 bits per heavy atom. The molecule has 4 rings (SSSR count). The molecule has 150 valence electrons. The predicted molar refractivity (Wildman–Crippen MR) is 99.6 cm³/mol. The smallest absolute Gasteiger partial charge is 0.272 e. The van der Waals surface area contributed by atoms with E-state index in [0.717, 1.165) is 37.2 Å². The number of hydrogen-bond donors (Lipinski definition) is 0. The fourth-order valence-electron chi connectivity index (χ4n) is 3.61. The van der Waals surface area contributed by atoms with Crippen LogP contribution < -0.4 is 0 Å². The summed E-state index contributed by atoms with van der Waals surface area (Å²) >= 11 is 0. The van der Waals surface area contributed by atoms with Crippen LogP contribution >= 0.6 is 0 Å². The highest BCUT2D eigenvalue weighted by atomic mass is 32.2. The van der Waals surface area contributed by atoms with Crippen LogP contribution in [0.3, 0.4) is 0 Å². The third-order valence-corrected chi connectivity index (χ3v) is 6.93. The van der Waals surface area contributed by atoms with E-state index in [1.165, 1.54) is 10.7 Å². The van der Waals surface area contributed by atoms with Crippen LogP contribution in [0, 0.1) is 0 Å². The lowest BCUT2D eigenvalue weighted by molar-refractivity contribution is 0.0172. The van der Waals surface area contributed by atoms with Crippen LogP contribution in [0.5, 0.6) is 0 Å². The molecule has 0 radical (unpaired) electrons. The summed E-state index contributed by atoms with van der Waals surface area (Å²) in [6.07, 6.45) is 4.34. The summed E-state index contributed by atoms with van der Waals surface area (Å²) in [4.78, 5) is 8.53. The van der Waals surface area contributed by atoms with Crippen molar-refractivity contribution < 1.29 is 17.2 Å². The number of pyridine rings is 1. The molecule has 1 aliphatic rings. The SMILES string of the molecule is CCS(=O)(=O)c1c2c(nn1-c1nc3cc(C(C)(F)F)cnc3n1C)CCCC2. The van der Waals surface area contributed by atoms with Gasteiger partial charge in [0, 0.05) is 31.3 Å². The molecule has 28 heavy (non-hydrogen) atoms. The topological polar surface area (TPSA) is 82.7 Å². The van der Waals surface area contributed by atoms with E-state index in [-0.39, 0.29) is 27.8 Å². The standard InChI is InChI=1S/C18H21F2N5O2S/c1-4-28(26,27)16-12-7-5-6-8-13(12)23-25(16)17-22-14-9-11(18(2,19)20)10-21-15(14)24(17)3/h9-10H,4-8H2,1-3H3. The second-order valence-corrected chi connectivity index (χ2v) is 9.37. The lowest BCUT2D eigenvalue weighted by Crippen LogP contribution is -2.16. The first-order chi connectivity index (χ1) is 13.1. The highest BCUT2D eigenvalue weighted by Gasteiger charge is 2.31. The Kier molecular flexibility index (Phi) is 4.29. The van der Waals surface area contributed by atoms with Gasteiger partial charge in [-0.05, 0) is 31.7 Å². The van der Waals surface area contributed by atoms with Gasteiger partial charge in [-0.25, -0.2) is 27.2 Å². The van der Waals surface area contributed by atoms with Gasteiger partial charge in [-0.1, -0.05) is 6.92 Å². The second-order valence-electron chi connectivity index (χ2n) is 7.18. The fourth-order valence-corrected chi connectivity index (χ4v) is 4.86. The Morgan fingerprint density at radius 2 is 1.96 bits per heavy atom. The Morgan fingerprint density at radius 3 is 2.64 bits per heavy atom. The van der Waals surface area contributed by atoms with Gasteiger partial charge < -0.3 is 0 Å². The molecule has 10 heteroatoms. The van der Waals surface area contributed by atoms with E-state index >= 15 is 0 Å². The summed E-state index contributed by atoms with van der Waals surface area (Å²) in [7, 11) is -1.88. The minimum Gasteiger partial charge on any atom is -0.296 e. The van der Waals surface area contributed by atoms with Gasteiger partial charge in [0.2, 0.25) is 5.95 Å².